The predicted octanol–water partition coefficient (Wildman–Crippen LogP) is 1.37. The van der Waals surface area contributed by atoms with Gasteiger partial charge in [0.25, 0.3) is 0 Å². The van der Waals surface area contributed by atoms with E-state index in [0.29, 0.717) is 6.42 Å². The third kappa shape index (κ3) is 3.32. The first-order valence-electron chi connectivity index (χ1n) is 5.91. The van der Waals surface area contributed by atoms with Crippen molar-refractivity contribution < 1.29 is 9.59 Å². The maximum Gasteiger partial charge on any atom is 0.240 e. The van der Waals surface area contributed by atoms with Crippen LogP contribution in [-0.2, 0) is 16.0 Å². The van der Waals surface area contributed by atoms with Crippen LogP contribution in [0.3, 0.4) is 0 Å². The van der Waals surface area contributed by atoms with E-state index in [1.807, 2.05) is 24.3 Å². The second kappa shape index (κ2) is 5.52. The highest BCUT2D eigenvalue weighted by atomic mass is 79.9. The summed E-state index contributed by atoms with van der Waals surface area (Å²) in [6, 6.07) is 6.95. The molecule has 18 heavy (non-hydrogen) atoms. The Morgan fingerprint density at radius 3 is 2.61 bits per heavy atom. The minimum Gasteiger partial charge on any atom is -0.368 e. The Balaban J connectivity index is 2.04. The van der Waals surface area contributed by atoms with Crippen molar-refractivity contribution in [1.29, 1.82) is 0 Å². The number of amides is 2. The molecule has 0 aromatic heterocycles. The maximum absolute atomic E-state index is 11.7. The van der Waals surface area contributed by atoms with E-state index in [9.17, 15) is 9.59 Å². The zero-order valence-electron chi connectivity index (χ0n) is 9.86. The molecule has 5 heteroatoms. The minimum atomic E-state index is -0.642. The summed E-state index contributed by atoms with van der Waals surface area (Å²) < 4.78 is 0.914. The number of carbonyl (C=O) groups excluding carboxylic acids is 2. The standard InChI is InChI=1S/C13H15BrN2O2/c14-10-4-2-1-3-9(10)7-11(12(15)17)16-13(18)8-5-6-8/h1-4,8,11H,5-7H2,(H2,15,17)(H,16,18)/t11-/m0/s1. The van der Waals surface area contributed by atoms with Crippen LogP contribution in [0, 0.1) is 5.92 Å². The fraction of sp³-hybridized carbons (Fsp3) is 0.385. The molecule has 0 aliphatic heterocycles. The number of hydrogen-bond acceptors (Lipinski definition) is 2. The molecule has 0 unspecified atom stereocenters. The zero-order chi connectivity index (χ0) is 13.1. The average molecular weight is 311 g/mol. The molecule has 0 spiro atoms. The van der Waals surface area contributed by atoms with Gasteiger partial charge in [0.15, 0.2) is 0 Å². The lowest BCUT2D eigenvalue weighted by molar-refractivity contribution is -0.128. The van der Waals surface area contributed by atoms with Gasteiger partial charge in [0.1, 0.15) is 6.04 Å². The molecule has 1 aliphatic rings. The topological polar surface area (TPSA) is 72.2 Å². The van der Waals surface area contributed by atoms with Crippen molar-refractivity contribution in [2.75, 3.05) is 0 Å². The van der Waals surface area contributed by atoms with Gasteiger partial charge in [-0.15, -0.1) is 0 Å². The molecule has 0 saturated heterocycles. The van der Waals surface area contributed by atoms with E-state index >= 15 is 0 Å². The number of nitrogens with one attached hydrogen (secondary N) is 1. The van der Waals surface area contributed by atoms with Crippen molar-refractivity contribution in [3.63, 3.8) is 0 Å². The molecule has 2 rings (SSSR count). The van der Waals surface area contributed by atoms with Gasteiger partial charge in [-0.2, -0.15) is 0 Å². The van der Waals surface area contributed by atoms with Crippen LogP contribution >= 0.6 is 15.9 Å². The van der Waals surface area contributed by atoms with Crippen LogP contribution in [0.15, 0.2) is 28.7 Å². The number of halogens is 1. The van der Waals surface area contributed by atoms with Gasteiger partial charge in [0, 0.05) is 16.8 Å². The van der Waals surface area contributed by atoms with Gasteiger partial charge in [0.05, 0.1) is 0 Å². The minimum absolute atomic E-state index is 0.0640. The van der Waals surface area contributed by atoms with E-state index in [1.165, 1.54) is 0 Å². The Morgan fingerprint density at radius 2 is 2.06 bits per heavy atom. The van der Waals surface area contributed by atoms with Crippen molar-refractivity contribution in [3.05, 3.63) is 34.3 Å². The normalized spacial score (nSPS) is 16.1. The number of hydrogen-bond donors (Lipinski definition) is 2. The van der Waals surface area contributed by atoms with E-state index < -0.39 is 11.9 Å². The molecule has 1 aromatic rings. The van der Waals surface area contributed by atoms with Gasteiger partial charge < -0.3 is 11.1 Å². The van der Waals surface area contributed by atoms with Gasteiger partial charge in [-0.25, -0.2) is 0 Å². The Hall–Kier alpha value is -1.36. The summed E-state index contributed by atoms with van der Waals surface area (Å²) in [7, 11) is 0. The van der Waals surface area contributed by atoms with E-state index in [-0.39, 0.29) is 11.8 Å². The lowest BCUT2D eigenvalue weighted by Crippen LogP contribution is -2.46. The smallest absolute Gasteiger partial charge is 0.240 e. The van der Waals surface area contributed by atoms with Crippen molar-refractivity contribution in [1.82, 2.24) is 5.32 Å². The zero-order valence-corrected chi connectivity index (χ0v) is 11.4. The van der Waals surface area contributed by atoms with Gasteiger partial charge in [0.2, 0.25) is 11.8 Å². The quantitative estimate of drug-likeness (QED) is 0.862. The lowest BCUT2D eigenvalue weighted by atomic mass is 10.1. The Labute approximate surface area is 114 Å². The van der Waals surface area contributed by atoms with Crippen molar-refractivity contribution >= 4 is 27.7 Å². The molecule has 4 nitrogen and oxygen atoms in total. The third-order valence-corrected chi connectivity index (χ3v) is 3.76. The van der Waals surface area contributed by atoms with Crippen LogP contribution < -0.4 is 11.1 Å². The molecule has 1 aliphatic carbocycles. The number of primary amides is 1. The molecular weight excluding hydrogens is 296 g/mol. The molecule has 1 atom stereocenters. The molecule has 1 aromatic carbocycles. The number of nitrogens with two attached hydrogens (primary N) is 1. The molecule has 1 saturated carbocycles. The summed E-state index contributed by atoms with van der Waals surface area (Å²) in [5.41, 5.74) is 6.29. The second-order valence-corrected chi connectivity index (χ2v) is 5.39. The molecule has 3 N–H and O–H groups in total. The molecule has 0 heterocycles. The predicted molar refractivity (Wildman–Crippen MR) is 71.7 cm³/mol. The lowest BCUT2D eigenvalue weighted by Gasteiger charge is -2.16. The van der Waals surface area contributed by atoms with Crippen LogP contribution in [0.2, 0.25) is 0 Å². The van der Waals surface area contributed by atoms with Gasteiger partial charge in [-0.3, -0.25) is 9.59 Å². The summed E-state index contributed by atoms with van der Waals surface area (Å²) in [4.78, 5) is 23.1. The first kappa shape index (κ1) is 13.1. The fourth-order valence-electron chi connectivity index (χ4n) is 1.74. The molecule has 2 amide bonds. The Bertz CT molecular complexity index is 472. The molecule has 1 fully saturated rings. The van der Waals surface area contributed by atoms with Crippen molar-refractivity contribution in [2.24, 2.45) is 11.7 Å². The van der Waals surface area contributed by atoms with Crippen molar-refractivity contribution in [3.8, 4) is 0 Å². The second-order valence-electron chi connectivity index (χ2n) is 4.53. The summed E-state index contributed by atoms with van der Waals surface area (Å²) in [6.45, 7) is 0. The SMILES string of the molecule is NC(=O)[C@H](Cc1ccccc1Br)NC(=O)C1CC1. The Kier molecular flexibility index (Phi) is 4.01. The van der Waals surface area contributed by atoms with Crippen LogP contribution in [-0.4, -0.2) is 17.9 Å². The van der Waals surface area contributed by atoms with E-state index in [1.54, 1.807) is 0 Å². The van der Waals surface area contributed by atoms with Crippen LogP contribution in [0.25, 0.3) is 0 Å². The van der Waals surface area contributed by atoms with E-state index in [2.05, 4.69) is 21.2 Å². The highest BCUT2D eigenvalue weighted by Gasteiger charge is 2.32. The van der Waals surface area contributed by atoms with Gasteiger partial charge >= 0.3 is 0 Å². The maximum atomic E-state index is 11.7. The van der Waals surface area contributed by atoms with Gasteiger partial charge in [-0.1, -0.05) is 34.1 Å². The largest absolute Gasteiger partial charge is 0.368 e. The van der Waals surface area contributed by atoms with Crippen molar-refractivity contribution in [2.45, 2.75) is 25.3 Å². The van der Waals surface area contributed by atoms with Gasteiger partial charge in [-0.05, 0) is 24.5 Å². The Morgan fingerprint density at radius 1 is 1.39 bits per heavy atom. The monoisotopic (exact) mass is 310 g/mol. The number of carbonyl (C=O) groups is 2. The molecular formula is C13H15BrN2O2. The summed E-state index contributed by atoms with van der Waals surface area (Å²) in [6.07, 6.45) is 2.23. The molecule has 0 bridgehead atoms. The van der Waals surface area contributed by atoms with Crippen LogP contribution in [0.4, 0.5) is 0 Å². The van der Waals surface area contributed by atoms with E-state index in [4.69, 9.17) is 5.73 Å². The highest BCUT2D eigenvalue weighted by molar-refractivity contribution is 9.10. The first-order chi connectivity index (χ1) is 8.58. The summed E-state index contributed by atoms with van der Waals surface area (Å²) >= 11 is 3.42. The van der Waals surface area contributed by atoms with Crippen LogP contribution in [0.1, 0.15) is 18.4 Å². The first-order valence-corrected chi connectivity index (χ1v) is 6.70. The fourth-order valence-corrected chi connectivity index (χ4v) is 2.19. The highest BCUT2D eigenvalue weighted by Crippen LogP contribution is 2.29. The third-order valence-electron chi connectivity index (χ3n) is 2.99. The van der Waals surface area contributed by atoms with E-state index in [0.717, 1.165) is 22.9 Å². The summed E-state index contributed by atoms with van der Waals surface area (Å²) in [5, 5.41) is 2.72. The number of benzene rings is 1. The molecule has 96 valence electrons. The average Bonchev–Trinajstić information content (AvgIpc) is 3.14. The summed E-state index contributed by atoms with van der Waals surface area (Å²) in [5.74, 6) is -0.489. The number of rotatable bonds is 5. The van der Waals surface area contributed by atoms with Crippen LogP contribution in [0.5, 0.6) is 0 Å². The molecule has 0 radical (unpaired) electrons.